The highest BCUT2D eigenvalue weighted by Gasteiger charge is 2.25. The maximum absolute atomic E-state index is 9.55. The maximum atomic E-state index is 9.55. The van der Waals surface area contributed by atoms with Crippen molar-refractivity contribution in [1.29, 1.82) is 0 Å². The zero-order valence-corrected chi connectivity index (χ0v) is 10.1. The Morgan fingerprint density at radius 2 is 1.82 bits per heavy atom. The van der Waals surface area contributed by atoms with Gasteiger partial charge >= 0.3 is 0 Å². The second kappa shape index (κ2) is 4.19. The van der Waals surface area contributed by atoms with Crippen LogP contribution in [-0.4, -0.2) is 11.2 Å². The molecule has 0 amide bonds. The smallest absolute Gasteiger partial charge is 0.134 e. The molecule has 2 aromatic rings. The lowest BCUT2D eigenvalue weighted by atomic mass is 9.84. The fourth-order valence-electron chi connectivity index (χ4n) is 2.92. The van der Waals surface area contributed by atoms with Crippen LogP contribution in [0.4, 0.5) is 0 Å². The number of para-hydroxylation sites is 1. The second-order valence-electron chi connectivity index (χ2n) is 5.09. The molecular formula is C15H18O2. The summed E-state index contributed by atoms with van der Waals surface area (Å²) >= 11 is 0. The number of hydrogen-bond acceptors (Lipinski definition) is 2. The monoisotopic (exact) mass is 230 g/mol. The highest BCUT2D eigenvalue weighted by Crippen LogP contribution is 2.38. The lowest BCUT2D eigenvalue weighted by molar-refractivity contribution is 0.119. The van der Waals surface area contributed by atoms with Crippen LogP contribution < -0.4 is 0 Å². The first-order valence-corrected chi connectivity index (χ1v) is 6.42. The van der Waals surface area contributed by atoms with Crippen molar-refractivity contribution in [2.24, 2.45) is 0 Å². The Bertz CT molecular complexity index is 519. The van der Waals surface area contributed by atoms with Gasteiger partial charge in [-0.1, -0.05) is 18.2 Å². The van der Waals surface area contributed by atoms with Gasteiger partial charge in [0.2, 0.25) is 0 Å². The van der Waals surface area contributed by atoms with E-state index in [-0.39, 0.29) is 6.10 Å². The van der Waals surface area contributed by atoms with Crippen molar-refractivity contribution >= 4 is 11.0 Å². The van der Waals surface area contributed by atoms with Gasteiger partial charge in [0.15, 0.2) is 0 Å². The molecule has 17 heavy (non-hydrogen) atoms. The van der Waals surface area contributed by atoms with Gasteiger partial charge in [0.1, 0.15) is 11.3 Å². The van der Waals surface area contributed by atoms with Gasteiger partial charge in [-0.25, -0.2) is 0 Å². The van der Waals surface area contributed by atoms with Gasteiger partial charge in [0, 0.05) is 11.3 Å². The quantitative estimate of drug-likeness (QED) is 0.809. The number of fused-ring (bicyclic) bond motifs is 1. The summed E-state index contributed by atoms with van der Waals surface area (Å²) in [5.74, 6) is 1.63. The minimum absolute atomic E-state index is 0.101. The van der Waals surface area contributed by atoms with Crippen LogP contribution in [0, 0.1) is 6.92 Å². The Morgan fingerprint density at radius 1 is 1.12 bits per heavy atom. The third-order valence-electron chi connectivity index (χ3n) is 3.95. The molecule has 0 aliphatic heterocycles. The molecule has 0 spiro atoms. The number of hydrogen-bond donors (Lipinski definition) is 1. The van der Waals surface area contributed by atoms with Crippen molar-refractivity contribution in [3.8, 4) is 0 Å². The lowest BCUT2D eigenvalue weighted by Gasteiger charge is -2.24. The number of aliphatic hydroxyl groups is 1. The molecule has 0 atom stereocenters. The Kier molecular flexibility index (Phi) is 2.67. The van der Waals surface area contributed by atoms with Crippen LogP contribution in [0.25, 0.3) is 11.0 Å². The van der Waals surface area contributed by atoms with Crippen LogP contribution in [0.5, 0.6) is 0 Å². The zero-order valence-electron chi connectivity index (χ0n) is 10.1. The highest BCUT2D eigenvalue weighted by molar-refractivity contribution is 5.82. The summed E-state index contributed by atoms with van der Waals surface area (Å²) in [5.41, 5.74) is 2.27. The first-order chi connectivity index (χ1) is 8.25. The molecule has 1 N–H and O–H groups in total. The summed E-state index contributed by atoms with van der Waals surface area (Å²) < 4.78 is 5.99. The van der Waals surface area contributed by atoms with Crippen molar-refractivity contribution in [3.63, 3.8) is 0 Å². The van der Waals surface area contributed by atoms with Gasteiger partial charge < -0.3 is 9.52 Å². The number of rotatable bonds is 1. The number of benzene rings is 1. The van der Waals surface area contributed by atoms with Crippen molar-refractivity contribution in [2.75, 3.05) is 0 Å². The van der Waals surface area contributed by atoms with E-state index in [1.807, 2.05) is 12.1 Å². The van der Waals surface area contributed by atoms with Crippen LogP contribution >= 0.6 is 0 Å². The van der Waals surface area contributed by atoms with Gasteiger partial charge in [0.25, 0.3) is 0 Å². The maximum Gasteiger partial charge on any atom is 0.134 e. The Hall–Kier alpha value is -1.28. The summed E-state index contributed by atoms with van der Waals surface area (Å²) in [4.78, 5) is 0. The van der Waals surface area contributed by atoms with E-state index in [4.69, 9.17) is 4.42 Å². The summed E-state index contributed by atoms with van der Waals surface area (Å²) in [7, 11) is 0. The molecule has 3 rings (SSSR count). The third kappa shape index (κ3) is 1.87. The molecule has 1 fully saturated rings. The summed E-state index contributed by atoms with van der Waals surface area (Å²) in [5, 5.41) is 10.8. The molecule has 90 valence electrons. The molecule has 1 saturated carbocycles. The first kappa shape index (κ1) is 10.8. The summed E-state index contributed by atoms with van der Waals surface area (Å²) in [6.45, 7) is 2.15. The van der Waals surface area contributed by atoms with Gasteiger partial charge in [-0.15, -0.1) is 0 Å². The van der Waals surface area contributed by atoms with Crippen molar-refractivity contribution < 1.29 is 9.52 Å². The van der Waals surface area contributed by atoms with E-state index in [0.717, 1.165) is 37.0 Å². The highest BCUT2D eigenvalue weighted by atomic mass is 16.3. The van der Waals surface area contributed by atoms with Crippen LogP contribution in [0.15, 0.2) is 28.7 Å². The van der Waals surface area contributed by atoms with E-state index in [1.165, 1.54) is 10.9 Å². The Morgan fingerprint density at radius 3 is 2.53 bits per heavy atom. The first-order valence-electron chi connectivity index (χ1n) is 6.42. The fraction of sp³-hybridized carbons (Fsp3) is 0.467. The molecule has 0 saturated heterocycles. The Balaban J connectivity index is 1.97. The van der Waals surface area contributed by atoms with Crippen molar-refractivity contribution in [3.05, 3.63) is 35.6 Å². The van der Waals surface area contributed by atoms with Gasteiger partial charge in [-0.05, 0) is 44.2 Å². The van der Waals surface area contributed by atoms with Crippen molar-refractivity contribution in [2.45, 2.75) is 44.6 Å². The number of furan rings is 1. The van der Waals surface area contributed by atoms with Crippen LogP contribution in [0.1, 0.15) is 42.9 Å². The predicted octanol–water partition coefficient (Wildman–Crippen LogP) is 3.76. The third-order valence-corrected chi connectivity index (χ3v) is 3.95. The molecule has 0 bridgehead atoms. The minimum atomic E-state index is -0.101. The lowest BCUT2D eigenvalue weighted by Crippen LogP contribution is -2.17. The minimum Gasteiger partial charge on any atom is -0.460 e. The molecule has 1 aromatic heterocycles. The molecule has 1 heterocycles. The molecule has 0 radical (unpaired) electrons. The average Bonchev–Trinajstić information content (AvgIpc) is 2.69. The van der Waals surface area contributed by atoms with Crippen LogP contribution in [-0.2, 0) is 0 Å². The van der Waals surface area contributed by atoms with E-state index in [0.29, 0.717) is 5.92 Å². The second-order valence-corrected chi connectivity index (χ2v) is 5.09. The van der Waals surface area contributed by atoms with E-state index in [2.05, 4.69) is 19.1 Å². The van der Waals surface area contributed by atoms with E-state index >= 15 is 0 Å². The molecule has 1 aliphatic rings. The molecule has 0 unspecified atom stereocenters. The molecule has 1 aromatic carbocycles. The predicted molar refractivity (Wildman–Crippen MR) is 68.2 cm³/mol. The van der Waals surface area contributed by atoms with E-state index in [1.54, 1.807) is 0 Å². The van der Waals surface area contributed by atoms with Gasteiger partial charge in [-0.2, -0.15) is 0 Å². The van der Waals surface area contributed by atoms with Crippen LogP contribution in [0.2, 0.25) is 0 Å². The SMILES string of the molecule is Cc1c(C2CCC(O)CC2)oc2ccccc12. The number of aryl methyl sites for hydroxylation is 1. The Labute approximate surface area is 101 Å². The molecular weight excluding hydrogens is 212 g/mol. The largest absolute Gasteiger partial charge is 0.460 e. The topological polar surface area (TPSA) is 33.4 Å². The zero-order chi connectivity index (χ0) is 11.8. The molecule has 2 heteroatoms. The standard InChI is InChI=1S/C15H18O2/c1-10-13-4-2-3-5-14(13)17-15(10)11-6-8-12(16)9-7-11/h2-5,11-12,16H,6-9H2,1H3. The molecule has 2 nitrogen and oxygen atoms in total. The number of aliphatic hydroxyl groups excluding tert-OH is 1. The van der Waals surface area contributed by atoms with E-state index in [9.17, 15) is 5.11 Å². The van der Waals surface area contributed by atoms with Gasteiger partial charge in [-0.3, -0.25) is 0 Å². The van der Waals surface area contributed by atoms with E-state index < -0.39 is 0 Å². The molecule has 1 aliphatic carbocycles. The average molecular weight is 230 g/mol. The fourth-order valence-corrected chi connectivity index (χ4v) is 2.92. The van der Waals surface area contributed by atoms with Gasteiger partial charge in [0.05, 0.1) is 6.10 Å². The normalized spacial score (nSPS) is 25.3. The van der Waals surface area contributed by atoms with Crippen LogP contribution in [0.3, 0.4) is 0 Å². The summed E-state index contributed by atoms with van der Waals surface area (Å²) in [6, 6.07) is 8.22. The summed E-state index contributed by atoms with van der Waals surface area (Å²) in [6.07, 6.45) is 3.79. The van der Waals surface area contributed by atoms with Crippen molar-refractivity contribution in [1.82, 2.24) is 0 Å².